The third-order valence-corrected chi connectivity index (χ3v) is 6.16. The Hall–Kier alpha value is -1.43. The van der Waals surface area contributed by atoms with Crippen LogP contribution in [0.1, 0.15) is 43.7 Å². The van der Waals surface area contributed by atoms with E-state index in [0.29, 0.717) is 11.0 Å². The zero-order chi connectivity index (χ0) is 16.7. The van der Waals surface area contributed by atoms with Gasteiger partial charge in [0, 0.05) is 4.88 Å². The number of aryl methyl sites for hydroxylation is 1. The van der Waals surface area contributed by atoms with Crippen molar-refractivity contribution in [3.05, 3.63) is 10.6 Å². The van der Waals surface area contributed by atoms with E-state index in [0.717, 1.165) is 36.3 Å². The third kappa shape index (κ3) is 3.13. The molecule has 0 saturated heterocycles. The van der Waals surface area contributed by atoms with Crippen LogP contribution in [0.2, 0.25) is 0 Å². The molecule has 23 heavy (non-hydrogen) atoms. The summed E-state index contributed by atoms with van der Waals surface area (Å²) >= 11 is 1.48. The molecule has 2 N–H and O–H groups in total. The maximum Gasteiger partial charge on any atom is 0.307 e. The molecule has 2 aliphatic carbocycles. The van der Waals surface area contributed by atoms with Gasteiger partial charge in [0.05, 0.1) is 17.5 Å². The fraction of sp³-hybridized carbons (Fsp3) is 0.706. The molecular formula is C17H24N2O3S. The maximum atomic E-state index is 12.7. The van der Waals surface area contributed by atoms with Crippen molar-refractivity contribution in [2.24, 2.45) is 29.6 Å². The fourth-order valence-corrected chi connectivity index (χ4v) is 5.11. The molecule has 126 valence electrons. The highest BCUT2D eigenvalue weighted by atomic mass is 32.1. The first-order valence-corrected chi connectivity index (χ1v) is 9.18. The summed E-state index contributed by atoms with van der Waals surface area (Å²) in [5.41, 5.74) is 1.03. The van der Waals surface area contributed by atoms with Crippen LogP contribution in [0.3, 0.4) is 0 Å². The molecule has 5 nitrogen and oxygen atoms in total. The van der Waals surface area contributed by atoms with E-state index in [1.54, 1.807) is 0 Å². The highest BCUT2D eigenvalue weighted by molar-refractivity contribution is 7.15. The standard InChI is InChI=1S/C17H24N2O3S/c1-8(2)6-12-9(3)23-17(18-12)19-15(20)13-10-4-5-11(7-10)14(13)16(21)22/h8,10-11,13-14H,4-7H2,1-3H3,(H,21,22)(H,18,19,20)/t10-,11-,13+,14+/m0/s1. The predicted octanol–water partition coefficient (Wildman–Crippen LogP) is 3.34. The van der Waals surface area contributed by atoms with Gasteiger partial charge < -0.3 is 10.4 Å². The van der Waals surface area contributed by atoms with E-state index in [1.165, 1.54) is 11.3 Å². The first-order valence-electron chi connectivity index (χ1n) is 8.36. The molecule has 1 heterocycles. The van der Waals surface area contributed by atoms with Crippen LogP contribution in [-0.4, -0.2) is 22.0 Å². The van der Waals surface area contributed by atoms with Gasteiger partial charge in [-0.3, -0.25) is 9.59 Å². The van der Waals surface area contributed by atoms with Gasteiger partial charge in [-0.1, -0.05) is 13.8 Å². The molecule has 1 amide bonds. The van der Waals surface area contributed by atoms with Gasteiger partial charge in [0.2, 0.25) is 5.91 Å². The molecule has 2 aliphatic rings. The smallest absolute Gasteiger partial charge is 0.307 e. The van der Waals surface area contributed by atoms with Gasteiger partial charge in [-0.05, 0) is 50.4 Å². The number of amides is 1. The molecule has 1 aromatic heterocycles. The second-order valence-corrected chi connectivity index (χ2v) is 8.54. The number of nitrogens with zero attached hydrogens (tertiary/aromatic N) is 1. The lowest BCUT2D eigenvalue weighted by molar-refractivity contribution is -0.148. The Kier molecular flexibility index (Phi) is 4.45. The number of nitrogens with one attached hydrogen (secondary N) is 1. The Balaban J connectivity index is 1.73. The number of anilines is 1. The summed E-state index contributed by atoms with van der Waals surface area (Å²) in [4.78, 5) is 29.9. The molecule has 1 aromatic rings. The summed E-state index contributed by atoms with van der Waals surface area (Å²) in [5.74, 6) is -1.00. The second kappa shape index (κ2) is 6.23. The van der Waals surface area contributed by atoms with Gasteiger partial charge in [0.1, 0.15) is 0 Å². The quantitative estimate of drug-likeness (QED) is 0.864. The van der Waals surface area contributed by atoms with Crippen LogP contribution in [0.4, 0.5) is 5.13 Å². The number of aromatic nitrogens is 1. The van der Waals surface area contributed by atoms with Crippen LogP contribution in [0.5, 0.6) is 0 Å². The molecule has 2 fully saturated rings. The average molecular weight is 336 g/mol. The molecule has 0 aliphatic heterocycles. The summed E-state index contributed by atoms with van der Waals surface area (Å²) in [6.45, 7) is 6.30. The molecule has 0 radical (unpaired) electrons. The van der Waals surface area contributed by atoms with E-state index in [2.05, 4.69) is 24.1 Å². The number of thiazole rings is 1. The summed E-state index contributed by atoms with van der Waals surface area (Å²) in [6.07, 6.45) is 3.69. The first-order chi connectivity index (χ1) is 10.9. The minimum absolute atomic E-state index is 0.158. The van der Waals surface area contributed by atoms with Crippen molar-refractivity contribution in [3.63, 3.8) is 0 Å². The minimum Gasteiger partial charge on any atom is -0.481 e. The third-order valence-electron chi connectivity index (χ3n) is 5.23. The van der Waals surface area contributed by atoms with Crippen molar-refractivity contribution >= 4 is 28.3 Å². The van der Waals surface area contributed by atoms with E-state index in [9.17, 15) is 14.7 Å². The summed E-state index contributed by atoms with van der Waals surface area (Å²) < 4.78 is 0. The van der Waals surface area contributed by atoms with Crippen LogP contribution in [0, 0.1) is 36.5 Å². The molecule has 0 aromatic carbocycles. The average Bonchev–Trinajstić information content (AvgIpc) is 3.13. The van der Waals surface area contributed by atoms with Gasteiger partial charge >= 0.3 is 5.97 Å². The number of carbonyl (C=O) groups is 2. The fourth-order valence-electron chi connectivity index (χ4n) is 4.27. The van der Waals surface area contributed by atoms with Gasteiger partial charge in [-0.15, -0.1) is 11.3 Å². The Morgan fingerprint density at radius 3 is 2.57 bits per heavy atom. The number of carbonyl (C=O) groups excluding carboxylic acids is 1. The van der Waals surface area contributed by atoms with E-state index in [-0.39, 0.29) is 17.7 Å². The lowest BCUT2D eigenvalue weighted by atomic mass is 9.79. The van der Waals surface area contributed by atoms with Crippen molar-refractivity contribution in [2.45, 2.75) is 46.5 Å². The van der Waals surface area contributed by atoms with Crippen LogP contribution in [0.25, 0.3) is 0 Å². The highest BCUT2D eigenvalue weighted by Gasteiger charge is 2.54. The van der Waals surface area contributed by atoms with Crippen LogP contribution < -0.4 is 5.32 Å². The molecule has 2 saturated carbocycles. The van der Waals surface area contributed by atoms with Gasteiger partial charge in [0.15, 0.2) is 5.13 Å². The normalized spacial score (nSPS) is 29.2. The van der Waals surface area contributed by atoms with E-state index in [4.69, 9.17) is 0 Å². The summed E-state index contributed by atoms with van der Waals surface area (Å²) in [7, 11) is 0. The van der Waals surface area contributed by atoms with Crippen molar-refractivity contribution in [3.8, 4) is 0 Å². The number of hydrogen-bond donors (Lipinski definition) is 2. The number of rotatable bonds is 5. The lowest BCUT2D eigenvalue weighted by Gasteiger charge is -2.26. The SMILES string of the molecule is Cc1sc(NC(=O)[C@@H]2[C@H]3CC[C@@H](C3)[C@H]2C(=O)O)nc1CC(C)C. The monoisotopic (exact) mass is 336 g/mol. The Bertz CT molecular complexity index is 625. The van der Waals surface area contributed by atoms with Gasteiger partial charge in [0.25, 0.3) is 0 Å². The minimum atomic E-state index is -0.826. The second-order valence-electron chi connectivity index (χ2n) is 7.33. The molecule has 4 atom stereocenters. The zero-order valence-electron chi connectivity index (χ0n) is 13.8. The van der Waals surface area contributed by atoms with Crippen LogP contribution in [-0.2, 0) is 16.0 Å². The number of fused-ring (bicyclic) bond motifs is 2. The van der Waals surface area contributed by atoms with E-state index >= 15 is 0 Å². The largest absolute Gasteiger partial charge is 0.481 e. The Morgan fingerprint density at radius 1 is 1.30 bits per heavy atom. The Morgan fingerprint density at radius 2 is 1.96 bits per heavy atom. The molecular weight excluding hydrogens is 312 g/mol. The zero-order valence-corrected chi connectivity index (χ0v) is 14.7. The van der Waals surface area contributed by atoms with Crippen molar-refractivity contribution in [1.82, 2.24) is 4.98 Å². The number of aliphatic carboxylic acids is 1. The topological polar surface area (TPSA) is 79.3 Å². The van der Waals surface area contributed by atoms with Gasteiger partial charge in [-0.2, -0.15) is 0 Å². The molecule has 2 bridgehead atoms. The number of carboxylic acids is 1. The summed E-state index contributed by atoms with van der Waals surface area (Å²) in [5, 5.41) is 13.0. The van der Waals surface area contributed by atoms with Crippen LogP contribution in [0.15, 0.2) is 0 Å². The molecule has 6 heteroatoms. The molecule has 0 unspecified atom stereocenters. The van der Waals surface area contributed by atoms with Crippen molar-refractivity contribution in [2.75, 3.05) is 5.32 Å². The lowest BCUT2D eigenvalue weighted by Crippen LogP contribution is -2.37. The van der Waals surface area contributed by atoms with Crippen molar-refractivity contribution in [1.29, 1.82) is 0 Å². The van der Waals surface area contributed by atoms with Crippen LogP contribution >= 0.6 is 11.3 Å². The van der Waals surface area contributed by atoms with Gasteiger partial charge in [-0.25, -0.2) is 4.98 Å². The Labute approximate surface area is 140 Å². The highest BCUT2D eigenvalue weighted by Crippen LogP contribution is 2.52. The van der Waals surface area contributed by atoms with E-state index in [1.807, 2.05) is 6.92 Å². The molecule has 0 spiro atoms. The number of carboxylic acid groups (broad SMARTS) is 1. The predicted molar refractivity (Wildman–Crippen MR) is 89.5 cm³/mol. The molecule has 3 rings (SSSR count). The van der Waals surface area contributed by atoms with E-state index < -0.39 is 17.8 Å². The maximum absolute atomic E-state index is 12.7. The number of hydrogen-bond acceptors (Lipinski definition) is 4. The summed E-state index contributed by atoms with van der Waals surface area (Å²) in [6, 6.07) is 0. The van der Waals surface area contributed by atoms with Crippen molar-refractivity contribution < 1.29 is 14.7 Å². The first kappa shape index (κ1) is 16.4.